The first-order valence-corrected chi connectivity index (χ1v) is 6.73. The van der Waals surface area contributed by atoms with Crippen LogP contribution in [0.2, 0.25) is 0 Å². The van der Waals surface area contributed by atoms with Gasteiger partial charge >= 0.3 is 0 Å². The van der Waals surface area contributed by atoms with Crippen molar-refractivity contribution in [1.29, 1.82) is 0 Å². The molecule has 2 aromatic carbocycles. The lowest BCUT2D eigenvalue weighted by molar-refractivity contribution is 0.102. The molecule has 0 spiro atoms. The number of phenolic OH excluding ortho intramolecular Hbond substituents is 1. The Morgan fingerprint density at radius 3 is 2.62 bits per heavy atom. The highest BCUT2D eigenvalue weighted by molar-refractivity contribution is 6.06. The third-order valence-electron chi connectivity index (χ3n) is 3.15. The number of para-hydroxylation sites is 1. The van der Waals surface area contributed by atoms with Crippen molar-refractivity contribution in [3.8, 4) is 17.2 Å². The van der Waals surface area contributed by atoms with Gasteiger partial charge in [0.1, 0.15) is 5.75 Å². The molecule has 1 heterocycles. The first kappa shape index (κ1) is 13.3. The molecule has 1 amide bonds. The second-order valence-corrected chi connectivity index (χ2v) is 4.68. The van der Waals surface area contributed by atoms with Crippen molar-refractivity contribution < 1.29 is 19.4 Å². The number of carbonyl (C=O) groups is 1. The minimum atomic E-state index is -0.373. The summed E-state index contributed by atoms with van der Waals surface area (Å²) in [4.78, 5) is 12.1. The van der Waals surface area contributed by atoms with Crippen molar-refractivity contribution in [2.45, 2.75) is 6.42 Å². The summed E-state index contributed by atoms with van der Waals surface area (Å²) < 4.78 is 11.1. The van der Waals surface area contributed by atoms with E-state index in [2.05, 4.69) is 5.32 Å². The first-order valence-electron chi connectivity index (χ1n) is 6.73. The van der Waals surface area contributed by atoms with Crippen LogP contribution in [0.5, 0.6) is 17.2 Å². The lowest BCUT2D eigenvalue weighted by Gasteiger charge is -2.11. The van der Waals surface area contributed by atoms with E-state index in [1.807, 2.05) is 0 Å². The Morgan fingerprint density at radius 1 is 1.05 bits per heavy atom. The minimum absolute atomic E-state index is 0.0515. The van der Waals surface area contributed by atoms with Crippen molar-refractivity contribution in [1.82, 2.24) is 0 Å². The third-order valence-corrected chi connectivity index (χ3v) is 3.15. The zero-order valence-electron chi connectivity index (χ0n) is 11.3. The smallest absolute Gasteiger partial charge is 0.259 e. The second-order valence-electron chi connectivity index (χ2n) is 4.68. The third kappa shape index (κ3) is 2.91. The summed E-state index contributed by atoms with van der Waals surface area (Å²) >= 11 is 0. The zero-order valence-corrected chi connectivity index (χ0v) is 11.3. The van der Waals surface area contributed by atoms with E-state index in [1.165, 1.54) is 6.07 Å². The molecular weight excluding hydrogens is 270 g/mol. The summed E-state index contributed by atoms with van der Waals surface area (Å²) in [5.74, 6) is 0.863. The lowest BCUT2D eigenvalue weighted by atomic mass is 10.2. The molecule has 1 aliphatic rings. The molecule has 0 bridgehead atoms. The van der Waals surface area contributed by atoms with Crippen LogP contribution >= 0.6 is 0 Å². The SMILES string of the molecule is O=C(Nc1ccc2c(c1)OCCCO2)c1ccccc1O. The minimum Gasteiger partial charge on any atom is -0.507 e. The zero-order chi connectivity index (χ0) is 14.7. The number of fused-ring (bicyclic) bond motifs is 1. The molecule has 2 N–H and O–H groups in total. The summed E-state index contributed by atoms with van der Waals surface area (Å²) in [6.07, 6.45) is 0.828. The molecule has 0 aliphatic carbocycles. The molecule has 0 aromatic heterocycles. The van der Waals surface area contributed by atoms with Crippen LogP contribution in [0, 0.1) is 0 Å². The molecule has 108 valence electrons. The summed E-state index contributed by atoms with van der Waals surface area (Å²) in [5.41, 5.74) is 0.817. The maximum absolute atomic E-state index is 12.1. The molecule has 0 radical (unpaired) electrons. The Balaban J connectivity index is 1.81. The molecular formula is C16H15NO4. The molecule has 5 nitrogen and oxygen atoms in total. The van der Waals surface area contributed by atoms with Crippen LogP contribution in [0.4, 0.5) is 5.69 Å². The van der Waals surface area contributed by atoms with E-state index in [1.54, 1.807) is 36.4 Å². The van der Waals surface area contributed by atoms with Crippen molar-refractivity contribution >= 4 is 11.6 Å². The van der Waals surface area contributed by atoms with Crippen molar-refractivity contribution in [3.05, 3.63) is 48.0 Å². The van der Waals surface area contributed by atoms with Gasteiger partial charge in [0.2, 0.25) is 0 Å². The Hall–Kier alpha value is -2.69. The highest BCUT2D eigenvalue weighted by Crippen LogP contribution is 2.32. The average molecular weight is 285 g/mol. The molecule has 2 aromatic rings. The fourth-order valence-electron chi connectivity index (χ4n) is 2.11. The van der Waals surface area contributed by atoms with E-state index in [9.17, 15) is 9.90 Å². The number of hydrogen-bond donors (Lipinski definition) is 2. The number of anilines is 1. The van der Waals surface area contributed by atoms with Gasteiger partial charge in [-0.25, -0.2) is 0 Å². The van der Waals surface area contributed by atoms with Crippen LogP contribution in [0.25, 0.3) is 0 Å². The van der Waals surface area contributed by atoms with Crippen LogP contribution in [-0.2, 0) is 0 Å². The van der Waals surface area contributed by atoms with Crippen molar-refractivity contribution in [3.63, 3.8) is 0 Å². The number of carbonyl (C=O) groups excluding carboxylic acids is 1. The average Bonchev–Trinajstić information content (AvgIpc) is 2.72. The topological polar surface area (TPSA) is 67.8 Å². The highest BCUT2D eigenvalue weighted by atomic mass is 16.5. The van der Waals surface area contributed by atoms with E-state index >= 15 is 0 Å². The number of aromatic hydroxyl groups is 1. The molecule has 0 saturated carbocycles. The van der Waals surface area contributed by atoms with E-state index < -0.39 is 0 Å². The number of benzene rings is 2. The molecule has 3 rings (SSSR count). The quantitative estimate of drug-likeness (QED) is 0.890. The maximum Gasteiger partial charge on any atom is 0.259 e. The summed E-state index contributed by atoms with van der Waals surface area (Å²) in [6, 6.07) is 11.6. The molecule has 5 heteroatoms. The summed E-state index contributed by atoms with van der Waals surface area (Å²) in [6.45, 7) is 1.21. The van der Waals surface area contributed by atoms with Gasteiger partial charge in [-0.2, -0.15) is 0 Å². The van der Waals surface area contributed by atoms with Gasteiger partial charge in [-0.1, -0.05) is 12.1 Å². The first-order chi connectivity index (χ1) is 10.2. The number of ether oxygens (including phenoxy) is 2. The fourth-order valence-corrected chi connectivity index (χ4v) is 2.11. The van der Waals surface area contributed by atoms with Gasteiger partial charge in [-0.05, 0) is 24.3 Å². The van der Waals surface area contributed by atoms with Gasteiger partial charge in [0.25, 0.3) is 5.91 Å². The highest BCUT2D eigenvalue weighted by Gasteiger charge is 2.14. The number of rotatable bonds is 2. The monoisotopic (exact) mass is 285 g/mol. The van der Waals surface area contributed by atoms with E-state index in [0.29, 0.717) is 30.4 Å². The van der Waals surface area contributed by atoms with Crippen LogP contribution < -0.4 is 14.8 Å². The van der Waals surface area contributed by atoms with E-state index in [4.69, 9.17) is 9.47 Å². The van der Waals surface area contributed by atoms with Gasteiger partial charge in [-0.15, -0.1) is 0 Å². The van der Waals surface area contributed by atoms with Crippen molar-refractivity contribution in [2.24, 2.45) is 0 Å². The second kappa shape index (κ2) is 5.75. The molecule has 0 atom stereocenters. The van der Waals surface area contributed by atoms with Crippen LogP contribution in [0.3, 0.4) is 0 Å². The van der Waals surface area contributed by atoms with Gasteiger partial charge in [-0.3, -0.25) is 4.79 Å². The Morgan fingerprint density at radius 2 is 1.81 bits per heavy atom. The Labute approximate surface area is 122 Å². The predicted octanol–water partition coefficient (Wildman–Crippen LogP) is 2.81. The number of nitrogens with one attached hydrogen (secondary N) is 1. The molecule has 21 heavy (non-hydrogen) atoms. The van der Waals surface area contributed by atoms with Gasteiger partial charge < -0.3 is 19.9 Å². The van der Waals surface area contributed by atoms with Gasteiger partial charge in [0.05, 0.1) is 18.8 Å². The standard InChI is InChI=1S/C16H15NO4/c18-13-5-2-1-4-12(13)16(19)17-11-6-7-14-15(10-11)21-9-3-8-20-14/h1-2,4-7,10,18H,3,8-9H2,(H,17,19). The number of phenols is 1. The van der Waals surface area contributed by atoms with Gasteiger partial charge in [0.15, 0.2) is 11.5 Å². The largest absolute Gasteiger partial charge is 0.507 e. The Bertz CT molecular complexity index is 669. The van der Waals surface area contributed by atoms with Crippen LogP contribution in [0.1, 0.15) is 16.8 Å². The van der Waals surface area contributed by atoms with Crippen LogP contribution in [0.15, 0.2) is 42.5 Å². The van der Waals surface area contributed by atoms with Crippen molar-refractivity contribution in [2.75, 3.05) is 18.5 Å². The fraction of sp³-hybridized carbons (Fsp3) is 0.188. The predicted molar refractivity (Wildman–Crippen MR) is 78.1 cm³/mol. The molecule has 0 unspecified atom stereocenters. The van der Waals surface area contributed by atoms with Crippen LogP contribution in [-0.4, -0.2) is 24.2 Å². The van der Waals surface area contributed by atoms with E-state index in [-0.39, 0.29) is 17.2 Å². The number of amides is 1. The summed E-state index contributed by atoms with van der Waals surface area (Å²) in [7, 11) is 0. The summed E-state index contributed by atoms with van der Waals surface area (Å²) in [5, 5.41) is 12.4. The molecule has 0 fully saturated rings. The number of hydrogen-bond acceptors (Lipinski definition) is 4. The van der Waals surface area contributed by atoms with E-state index in [0.717, 1.165) is 6.42 Å². The van der Waals surface area contributed by atoms with Gasteiger partial charge in [0, 0.05) is 18.2 Å². The molecule has 0 saturated heterocycles. The normalized spacial score (nSPS) is 13.3. The molecule has 1 aliphatic heterocycles. The maximum atomic E-state index is 12.1. The lowest BCUT2D eigenvalue weighted by Crippen LogP contribution is -2.12. The Kier molecular flexibility index (Phi) is 3.64.